The van der Waals surface area contributed by atoms with Crippen LogP contribution in [0, 0.1) is 5.41 Å². The fourth-order valence-corrected chi connectivity index (χ4v) is 2.50. The third-order valence-electron chi connectivity index (χ3n) is 3.26. The second kappa shape index (κ2) is 2.82. The first-order chi connectivity index (χ1) is 5.31. The lowest BCUT2D eigenvalue weighted by molar-refractivity contribution is 0.209. The smallest absolute Gasteiger partial charge is 0.110 e. The lowest BCUT2D eigenvalue weighted by Crippen LogP contribution is -2.41. The van der Waals surface area contributed by atoms with E-state index in [4.69, 9.17) is 0 Å². The molecule has 2 heterocycles. The molecule has 2 aliphatic heterocycles. The maximum Gasteiger partial charge on any atom is 0.110 e. The van der Waals surface area contributed by atoms with Crippen molar-refractivity contribution in [2.75, 3.05) is 20.1 Å². The largest absolute Gasteiger partial charge is 0.306 e. The summed E-state index contributed by atoms with van der Waals surface area (Å²) in [6, 6.07) is 0. The molecular formula is C9H17BN. The maximum absolute atomic E-state index is 2.51. The van der Waals surface area contributed by atoms with Crippen molar-refractivity contribution >= 4 is 7.28 Å². The van der Waals surface area contributed by atoms with Gasteiger partial charge in [0.2, 0.25) is 0 Å². The molecule has 0 amide bonds. The summed E-state index contributed by atoms with van der Waals surface area (Å²) in [6.07, 6.45) is 7.12. The quantitative estimate of drug-likeness (QED) is 0.474. The van der Waals surface area contributed by atoms with Crippen molar-refractivity contribution in [2.45, 2.75) is 31.9 Å². The van der Waals surface area contributed by atoms with Crippen molar-refractivity contribution in [3.8, 4) is 0 Å². The van der Waals surface area contributed by atoms with Crippen LogP contribution in [0.2, 0.25) is 12.6 Å². The van der Waals surface area contributed by atoms with E-state index in [0.717, 1.165) is 5.41 Å². The number of likely N-dealkylation sites (tertiary alicyclic amines) is 1. The van der Waals surface area contributed by atoms with Crippen LogP contribution < -0.4 is 0 Å². The average Bonchev–Trinajstić information content (AvgIpc) is 2.09. The highest BCUT2D eigenvalue weighted by Gasteiger charge is 2.38. The van der Waals surface area contributed by atoms with Gasteiger partial charge < -0.3 is 4.90 Å². The van der Waals surface area contributed by atoms with Crippen LogP contribution >= 0.6 is 0 Å². The minimum Gasteiger partial charge on any atom is -0.306 e. The topological polar surface area (TPSA) is 3.24 Å². The number of rotatable bonds is 0. The summed E-state index contributed by atoms with van der Waals surface area (Å²) >= 11 is 0. The Morgan fingerprint density at radius 2 is 2.09 bits per heavy atom. The van der Waals surface area contributed by atoms with E-state index < -0.39 is 0 Å². The van der Waals surface area contributed by atoms with Gasteiger partial charge in [0.15, 0.2) is 0 Å². The first-order valence-corrected chi connectivity index (χ1v) is 4.81. The first-order valence-electron chi connectivity index (χ1n) is 4.81. The van der Waals surface area contributed by atoms with E-state index in [1.165, 1.54) is 45.0 Å². The normalized spacial score (nSPS) is 30.6. The van der Waals surface area contributed by atoms with Gasteiger partial charge in [-0.2, -0.15) is 0 Å². The Morgan fingerprint density at radius 1 is 1.27 bits per heavy atom. The van der Waals surface area contributed by atoms with Crippen molar-refractivity contribution in [3.05, 3.63) is 0 Å². The van der Waals surface area contributed by atoms with Crippen molar-refractivity contribution in [3.63, 3.8) is 0 Å². The highest BCUT2D eigenvalue weighted by molar-refractivity contribution is 6.40. The van der Waals surface area contributed by atoms with Gasteiger partial charge in [-0.05, 0) is 31.8 Å². The number of nitrogens with zero attached hydrogens (tertiary/aromatic N) is 1. The minimum atomic E-state index is 0.727. The fraction of sp³-hybridized carbons (Fsp3) is 1.00. The van der Waals surface area contributed by atoms with Crippen molar-refractivity contribution < 1.29 is 0 Å². The highest BCUT2D eigenvalue weighted by Crippen LogP contribution is 2.43. The Hall–Kier alpha value is 0.0249. The van der Waals surface area contributed by atoms with Gasteiger partial charge in [-0.15, -0.1) is 0 Å². The van der Waals surface area contributed by atoms with Crippen LogP contribution in [0.1, 0.15) is 19.3 Å². The van der Waals surface area contributed by atoms with Gasteiger partial charge in [0, 0.05) is 6.54 Å². The van der Waals surface area contributed by atoms with E-state index in [0.29, 0.717) is 0 Å². The van der Waals surface area contributed by atoms with Crippen molar-refractivity contribution in [2.24, 2.45) is 5.41 Å². The van der Waals surface area contributed by atoms with Gasteiger partial charge in [0.05, 0.1) is 0 Å². The van der Waals surface area contributed by atoms with E-state index in [-0.39, 0.29) is 0 Å². The van der Waals surface area contributed by atoms with Crippen LogP contribution in [0.25, 0.3) is 0 Å². The van der Waals surface area contributed by atoms with Gasteiger partial charge in [0.25, 0.3) is 0 Å². The van der Waals surface area contributed by atoms with Crippen LogP contribution in [0.15, 0.2) is 0 Å². The second-order valence-electron chi connectivity index (χ2n) is 4.39. The Morgan fingerprint density at radius 3 is 2.73 bits per heavy atom. The summed E-state index contributed by atoms with van der Waals surface area (Å²) < 4.78 is 0. The molecular weight excluding hydrogens is 133 g/mol. The van der Waals surface area contributed by atoms with Gasteiger partial charge in [0.1, 0.15) is 7.28 Å². The van der Waals surface area contributed by atoms with Crippen LogP contribution in [0.3, 0.4) is 0 Å². The maximum atomic E-state index is 2.51. The molecule has 0 aromatic carbocycles. The predicted octanol–water partition coefficient (Wildman–Crippen LogP) is 1.64. The molecule has 0 unspecified atom stereocenters. The van der Waals surface area contributed by atoms with E-state index in [9.17, 15) is 0 Å². The summed E-state index contributed by atoms with van der Waals surface area (Å²) in [7, 11) is 4.71. The molecule has 0 aromatic heterocycles. The molecule has 0 atom stereocenters. The SMILES string of the molecule is CN1CCCCC2(C[B]C2)C1. The number of hydrogen-bond donors (Lipinski definition) is 0. The first kappa shape index (κ1) is 7.66. The lowest BCUT2D eigenvalue weighted by Gasteiger charge is -2.42. The third kappa shape index (κ3) is 1.46. The Kier molecular flexibility index (Phi) is 1.96. The van der Waals surface area contributed by atoms with Gasteiger partial charge in [-0.25, -0.2) is 0 Å². The zero-order valence-corrected chi connectivity index (χ0v) is 7.47. The van der Waals surface area contributed by atoms with Crippen LogP contribution in [-0.2, 0) is 0 Å². The molecule has 2 saturated heterocycles. The molecule has 0 aliphatic carbocycles. The Labute approximate surface area is 70.4 Å². The summed E-state index contributed by atoms with van der Waals surface area (Å²) in [5.74, 6) is 0. The van der Waals surface area contributed by atoms with Crippen LogP contribution in [-0.4, -0.2) is 32.3 Å². The van der Waals surface area contributed by atoms with E-state index in [1.54, 1.807) is 0 Å². The van der Waals surface area contributed by atoms with Crippen molar-refractivity contribution in [1.82, 2.24) is 4.90 Å². The number of hydrogen-bond acceptors (Lipinski definition) is 1. The predicted molar refractivity (Wildman–Crippen MR) is 49.1 cm³/mol. The highest BCUT2D eigenvalue weighted by atomic mass is 15.1. The van der Waals surface area contributed by atoms with E-state index in [2.05, 4.69) is 19.2 Å². The molecule has 11 heavy (non-hydrogen) atoms. The Bertz CT molecular complexity index is 142. The molecule has 0 aromatic rings. The second-order valence-corrected chi connectivity index (χ2v) is 4.39. The van der Waals surface area contributed by atoms with E-state index >= 15 is 0 Å². The van der Waals surface area contributed by atoms with E-state index in [1.807, 2.05) is 0 Å². The minimum absolute atomic E-state index is 0.727. The standard InChI is InChI=1S/C9H17BN/c1-11-5-3-2-4-9(8-11)6-10-7-9/h2-8H2,1H3. The molecule has 2 aliphatic rings. The fourth-order valence-electron chi connectivity index (χ4n) is 2.50. The van der Waals surface area contributed by atoms with Crippen LogP contribution in [0.4, 0.5) is 0 Å². The molecule has 1 spiro atoms. The Balaban J connectivity index is 1.97. The zero-order chi connectivity index (χ0) is 7.73. The summed E-state index contributed by atoms with van der Waals surface area (Å²) in [6.45, 7) is 2.67. The van der Waals surface area contributed by atoms with Crippen molar-refractivity contribution in [1.29, 1.82) is 0 Å². The lowest BCUT2D eigenvalue weighted by atomic mass is 9.41. The summed E-state index contributed by atoms with van der Waals surface area (Å²) in [5, 5.41) is 0. The van der Waals surface area contributed by atoms with Gasteiger partial charge >= 0.3 is 0 Å². The zero-order valence-electron chi connectivity index (χ0n) is 7.47. The molecule has 2 heteroatoms. The van der Waals surface area contributed by atoms with Gasteiger partial charge in [-0.1, -0.05) is 19.1 Å². The average molecular weight is 150 g/mol. The summed E-state index contributed by atoms with van der Waals surface area (Å²) in [4.78, 5) is 2.51. The molecule has 1 radical (unpaired) electrons. The molecule has 0 saturated carbocycles. The molecule has 61 valence electrons. The molecule has 1 nitrogen and oxygen atoms in total. The van der Waals surface area contributed by atoms with Gasteiger partial charge in [-0.3, -0.25) is 0 Å². The summed E-state index contributed by atoms with van der Waals surface area (Å²) in [5.41, 5.74) is 0.727. The molecule has 0 N–H and O–H groups in total. The molecule has 2 rings (SSSR count). The molecule has 0 bridgehead atoms. The van der Waals surface area contributed by atoms with Crippen LogP contribution in [0.5, 0.6) is 0 Å². The third-order valence-corrected chi connectivity index (χ3v) is 3.26. The monoisotopic (exact) mass is 150 g/mol. The molecule has 2 fully saturated rings.